The van der Waals surface area contributed by atoms with Gasteiger partial charge in [0, 0.05) is 6.04 Å². The number of nitriles is 1. The zero-order chi connectivity index (χ0) is 13.1. The molecule has 0 bridgehead atoms. The van der Waals surface area contributed by atoms with Crippen LogP contribution in [0.15, 0.2) is 0 Å². The van der Waals surface area contributed by atoms with Gasteiger partial charge in [-0.05, 0) is 18.8 Å². The van der Waals surface area contributed by atoms with Crippen LogP contribution in [0.3, 0.4) is 0 Å². The molecule has 96 valence electrons. The van der Waals surface area contributed by atoms with Gasteiger partial charge in [-0.1, -0.05) is 13.8 Å². The van der Waals surface area contributed by atoms with Gasteiger partial charge >= 0.3 is 0 Å². The third kappa shape index (κ3) is 4.00. The highest BCUT2D eigenvalue weighted by atomic mass is 32.2. The Hall–Kier alpha value is -1.09. The van der Waals surface area contributed by atoms with Gasteiger partial charge in [-0.25, -0.2) is 8.42 Å². The Labute approximate surface area is 102 Å². The molecule has 1 amide bonds. The normalized spacial score (nSPS) is 24.9. The molecule has 17 heavy (non-hydrogen) atoms. The summed E-state index contributed by atoms with van der Waals surface area (Å²) in [6.45, 7) is 3.59. The Morgan fingerprint density at radius 3 is 2.59 bits per heavy atom. The van der Waals surface area contributed by atoms with Gasteiger partial charge in [0.25, 0.3) is 0 Å². The lowest BCUT2D eigenvalue weighted by atomic mass is 9.96. The highest BCUT2D eigenvalue weighted by molar-refractivity contribution is 7.91. The molecule has 1 heterocycles. The van der Waals surface area contributed by atoms with Crippen molar-refractivity contribution in [1.82, 2.24) is 5.32 Å². The van der Waals surface area contributed by atoms with Crippen molar-refractivity contribution < 1.29 is 13.2 Å². The molecular weight excluding hydrogens is 240 g/mol. The average Bonchev–Trinajstić information content (AvgIpc) is 2.15. The molecule has 1 aliphatic heterocycles. The van der Waals surface area contributed by atoms with E-state index in [1.165, 1.54) is 0 Å². The number of sulfone groups is 1. The fourth-order valence-electron chi connectivity index (χ4n) is 1.94. The van der Waals surface area contributed by atoms with Crippen molar-refractivity contribution in [2.24, 2.45) is 11.8 Å². The number of amides is 1. The third-order valence-electron chi connectivity index (χ3n) is 2.90. The second-order valence-corrected chi connectivity index (χ2v) is 7.04. The lowest BCUT2D eigenvalue weighted by Crippen LogP contribution is -2.46. The van der Waals surface area contributed by atoms with Gasteiger partial charge in [-0.15, -0.1) is 0 Å². The zero-order valence-electron chi connectivity index (χ0n) is 10.1. The minimum atomic E-state index is -3.03. The first kappa shape index (κ1) is 14.0. The Balaban J connectivity index is 2.60. The Morgan fingerprint density at radius 2 is 2.12 bits per heavy atom. The van der Waals surface area contributed by atoms with Gasteiger partial charge in [0.1, 0.15) is 5.92 Å². The molecule has 6 heteroatoms. The molecule has 1 rings (SSSR count). The van der Waals surface area contributed by atoms with Crippen molar-refractivity contribution in [2.75, 3.05) is 11.5 Å². The van der Waals surface area contributed by atoms with Crippen molar-refractivity contribution in [3.05, 3.63) is 0 Å². The van der Waals surface area contributed by atoms with E-state index >= 15 is 0 Å². The molecule has 0 aromatic rings. The maximum Gasteiger partial charge on any atom is 0.237 e. The molecule has 0 spiro atoms. The van der Waals surface area contributed by atoms with Crippen LogP contribution in [0.5, 0.6) is 0 Å². The first-order valence-electron chi connectivity index (χ1n) is 5.76. The topological polar surface area (TPSA) is 87.0 Å². The molecule has 0 aromatic carbocycles. The third-order valence-corrected chi connectivity index (χ3v) is 4.72. The monoisotopic (exact) mass is 258 g/mol. The summed E-state index contributed by atoms with van der Waals surface area (Å²) >= 11 is 0. The van der Waals surface area contributed by atoms with E-state index in [2.05, 4.69) is 5.32 Å². The highest BCUT2D eigenvalue weighted by Crippen LogP contribution is 2.14. The minimum absolute atomic E-state index is 0.00498. The molecule has 0 aromatic heterocycles. The quantitative estimate of drug-likeness (QED) is 0.797. The molecule has 1 fully saturated rings. The number of hydrogen-bond acceptors (Lipinski definition) is 4. The lowest BCUT2D eigenvalue weighted by Gasteiger charge is -2.24. The van der Waals surface area contributed by atoms with Crippen LogP contribution in [0.2, 0.25) is 0 Å². The standard InChI is InChI=1S/C11H18N2O3S/c1-8(2)10(6-12)11(14)13-9-4-3-5-17(15,16)7-9/h8-10H,3-5,7H2,1-2H3,(H,13,14). The maximum atomic E-state index is 11.8. The first-order chi connectivity index (χ1) is 7.85. The molecule has 5 nitrogen and oxygen atoms in total. The highest BCUT2D eigenvalue weighted by Gasteiger charge is 2.29. The van der Waals surface area contributed by atoms with E-state index in [0.29, 0.717) is 12.8 Å². The Bertz CT molecular complexity index is 422. The fraction of sp³-hybridized carbons (Fsp3) is 0.818. The van der Waals surface area contributed by atoms with Gasteiger partial charge in [0.2, 0.25) is 5.91 Å². The number of hydrogen-bond donors (Lipinski definition) is 1. The summed E-state index contributed by atoms with van der Waals surface area (Å²) in [5, 5.41) is 11.5. The molecular formula is C11H18N2O3S. The van der Waals surface area contributed by atoms with Crippen molar-refractivity contribution in [3.8, 4) is 6.07 Å². The second-order valence-electron chi connectivity index (χ2n) is 4.81. The van der Waals surface area contributed by atoms with E-state index in [1.807, 2.05) is 6.07 Å². The van der Waals surface area contributed by atoms with Crippen LogP contribution >= 0.6 is 0 Å². The predicted molar refractivity (Wildman–Crippen MR) is 63.8 cm³/mol. The molecule has 1 aliphatic rings. The second kappa shape index (κ2) is 5.50. The molecule has 0 radical (unpaired) electrons. The van der Waals surface area contributed by atoms with Gasteiger partial charge in [-0.2, -0.15) is 5.26 Å². The van der Waals surface area contributed by atoms with Crippen molar-refractivity contribution in [1.29, 1.82) is 5.26 Å². The van der Waals surface area contributed by atoms with E-state index < -0.39 is 15.8 Å². The predicted octanol–water partition coefficient (Wildman–Crippen LogP) is 0.476. The largest absolute Gasteiger partial charge is 0.351 e. The number of carbonyl (C=O) groups is 1. The van der Waals surface area contributed by atoms with Crippen LogP contribution in [-0.4, -0.2) is 31.9 Å². The van der Waals surface area contributed by atoms with Gasteiger partial charge < -0.3 is 5.32 Å². The van der Waals surface area contributed by atoms with E-state index in [1.54, 1.807) is 13.8 Å². The van der Waals surface area contributed by atoms with E-state index in [4.69, 9.17) is 5.26 Å². The molecule has 1 saturated heterocycles. The summed E-state index contributed by atoms with van der Waals surface area (Å²) in [4.78, 5) is 11.8. The van der Waals surface area contributed by atoms with Crippen LogP contribution < -0.4 is 5.32 Å². The van der Waals surface area contributed by atoms with Gasteiger partial charge in [-0.3, -0.25) is 4.79 Å². The van der Waals surface area contributed by atoms with Crippen LogP contribution in [0.25, 0.3) is 0 Å². The number of nitrogens with zero attached hydrogens (tertiary/aromatic N) is 1. The van der Waals surface area contributed by atoms with Crippen LogP contribution in [0, 0.1) is 23.2 Å². The summed E-state index contributed by atoms with van der Waals surface area (Å²) < 4.78 is 22.8. The number of rotatable bonds is 3. The molecule has 1 N–H and O–H groups in total. The molecule has 2 unspecified atom stereocenters. The molecule has 0 saturated carbocycles. The number of nitrogens with one attached hydrogen (secondary N) is 1. The fourth-order valence-corrected chi connectivity index (χ4v) is 3.57. The molecule has 0 aliphatic carbocycles. The summed E-state index contributed by atoms with van der Waals surface area (Å²) in [6.07, 6.45) is 1.24. The van der Waals surface area contributed by atoms with Crippen LogP contribution in [-0.2, 0) is 14.6 Å². The van der Waals surface area contributed by atoms with Crippen molar-refractivity contribution in [2.45, 2.75) is 32.7 Å². The van der Waals surface area contributed by atoms with Gasteiger partial charge in [0.05, 0.1) is 17.6 Å². The van der Waals surface area contributed by atoms with Gasteiger partial charge in [0.15, 0.2) is 9.84 Å². The smallest absolute Gasteiger partial charge is 0.237 e. The summed E-state index contributed by atoms with van der Waals surface area (Å²) in [7, 11) is -3.03. The zero-order valence-corrected chi connectivity index (χ0v) is 11.0. The van der Waals surface area contributed by atoms with E-state index in [-0.39, 0.29) is 29.4 Å². The summed E-state index contributed by atoms with van der Waals surface area (Å²) in [5.41, 5.74) is 0. The minimum Gasteiger partial charge on any atom is -0.351 e. The Morgan fingerprint density at radius 1 is 1.47 bits per heavy atom. The van der Waals surface area contributed by atoms with E-state index in [0.717, 1.165) is 0 Å². The first-order valence-corrected chi connectivity index (χ1v) is 7.58. The maximum absolute atomic E-state index is 11.8. The van der Waals surface area contributed by atoms with Crippen LogP contribution in [0.4, 0.5) is 0 Å². The van der Waals surface area contributed by atoms with E-state index in [9.17, 15) is 13.2 Å². The average molecular weight is 258 g/mol. The summed E-state index contributed by atoms with van der Waals surface area (Å²) in [5.74, 6) is -0.940. The SMILES string of the molecule is CC(C)C(C#N)C(=O)NC1CCCS(=O)(=O)C1. The van der Waals surface area contributed by atoms with Crippen molar-refractivity contribution >= 4 is 15.7 Å². The number of carbonyl (C=O) groups excluding carboxylic acids is 1. The Kier molecular flexibility index (Phi) is 4.52. The summed E-state index contributed by atoms with van der Waals surface area (Å²) in [6, 6.07) is 1.61. The molecule has 2 atom stereocenters. The van der Waals surface area contributed by atoms with Crippen LogP contribution in [0.1, 0.15) is 26.7 Å². The lowest BCUT2D eigenvalue weighted by molar-refractivity contribution is -0.125. The van der Waals surface area contributed by atoms with Crippen molar-refractivity contribution in [3.63, 3.8) is 0 Å².